The van der Waals surface area contributed by atoms with Crippen molar-refractivity contribution >= 4 is 39.0 Å². The second-order valence-corrected chi connectivity index (χ2v) is 11.3. The normalized spacial score (nSPS) is 13.3. The van der Waals surface area contributed by atoms with Crippen LogP contribution in [-0.4, -0.2) is 9.55 Å². The molecule has 0 spiro atoms. The summed E-state index contributed by atoms with van der Waals surface area (Å²) < 4.78 is 2.36. The standard InChI is InChI=1S/C38H29N3/c1-38(2)33-16-8-6-14-29(33)30-21-19-28(25-34(30)38)40(37-18-10-11-23-39-37)27-20-22-36-32(24-27)31-15-7-9-17-35(31)41(36)26-12-4-3-5-13-26/h3-25H,1-2H3. The summed E-state index contributed by atoms with van der Waals surface area (Å²) in [5.74, 6) is 0.895. The van der Waals surface area contributed by atoms with Crippen LogP contribution in [0.2, 0.25) is 0 Å². The molecular weight excluding hydrogens is 498 g/mol. The number of benzene rings is 5. The van der Waals surface area contributed by atoms with Gasteiger partial charge in [0.25, 0.3) is 0 Å². The SMILES string of the molecule is CC1(C)c2ccccc2-c2ccc(N(c3ccc4c(c3)c3ccccc3n4-c3ccccc3)c3ccccn3)cc21. The summed E-state index contributed by atoms with van der Waals surface area (Å²) in [6, 6.07) is 47.9. The second-order valence-electron chi connectivity index (χ2n) is 11.3. The first-order valence-electron chi connectivity index (χ1n) is 14.2. The van der Waals surface area contributed by atoms with Gasteiger partial charge >= 0.3 is 0 Å². The lowest BCUT2D eigenvalue weighted by Crippen LogP contribution is -2.17. The molecule has 2 aromatic heterocycles. The maximum Gasteiger partial charge on any atom is 0.137 e. The van der Waals surface area contributed by atoms with Gasteiger partial charge in [0, 0.05) is 39.4 Å². The third-order valence-electron chi connectivity index (χ3n) is 8.63. The van der Waals surface area contributed by atoms with Crippen molar-refractivity contribution in [3.63, 3.8) is 0 Å². The predicted molar refractivity (Wildman–Crippen MR) is 171 cm³/mol. The minimum atomic E-state index is -0.0786. The summed E-state index contributed by atoms with van der Waals surface area (Å²) in [6.45, 7) is 4.66. The lowest BCUT2D eigenvalue weighted by atomic mass is 9.82. The molecule has 5 aromatic carbocycles. The number of rotatable bonds is 4. The van der Waals surface area contributed by atoms with Crippen LogP contribution in [0.3, 0.4) is 0 Å². The number of hydrogen-bond acceptors (Lipinski definition) is 2. The highest BCUT2D eigenvalue weighted by Gasteiger charge is 2.35. The van der Waals surface area contributed by atoms with E-state index in [2.05, 4.69) is 151 Å². The summed E-state index contributed by atoms with van der Waals surface area (Å²) in [4.78, 5) is 7.10. The van der Waals surface area contributed by atoms with Crippen LogP contribution in [0.25, 0.3) is 38.6 Å². The van der Waals surface area contributed by atoms with Crippen LogP contribution in [0.5, 0.6) is 0 Å². The fourth-order valence-corrected chi connectivity index (χ4v) is 6.69. The Morgan fingerprint density at radius 1 is 0.561 bits per heavy atom. The first kappa shape index (κ1) is 23.7. The maximum absolute atomic E-state index is 4.82. The van der Waals surface area contributed by atoms with Gasteiger partial charge in [-0.05, 0) is 82.9 Å². The van der Waals surface area contributed by atoms with Crippen LogP contribution < -0.4 is 4.90 Å². The van der Waals surface area contributed by atoms with Gasteiger partial charge in [0.2, 0.25) is 0 Å². The molecule has 1 aliphatic rings. The molecule has 0 radical (unpaired) electrons. The average Bonchev–Trinajstić information content (AvgIpc) is 3.47. The van der Waals surface area contributed by atoms with Gasteiger partial charge < -0.3 is 4.57 Å². The molecule has 0 aliphatic heterocycles. The molecule has 0 amide bonds. The average molecular weight is 528 g/mol. The molecule has 0 unspecified atom stereocenters. The Hall–Kier alpha value is -5.15. The smallest absolute Gasteiger partial charge is 0.137 e. The predicted octanol–water partition coefficient (Wildman–Crippen LogP) is 9.95. The van der Waals surface area contributed by atoms with Crippen molar-refractivity contribution in [3.8, 4) is 16.8 Å². The van der Waals surface area contributed by atoms with Gasteiger partial charge in [-0.3, -0.25) is 4.90 Å². The van der Waals surface area contributed by atoms with Crippen molar-refractivity contribution in [3.05, 3.63) is 151 Å². The Balaban J connectivity index is 1.35. The van der Waals surface area contributed by atoms with E-state index in [1.54, 1.807) is 0 Å². The summed E-state index contributed by atoms with van der Waals surface area (Å²) in [7, 11) is 0. The summed E-state index contributed by atoms with van der Waals surface area (Å²) in [5, 5.41) is 2.46. The Kier molecular flexibility index (Phi) is 5.17. The molecule has 3 nitrogen and oxygen atoms in total. The molecule has 2 heterocycles. The van der Waals surface area contributed by atoms with E-state index in [0.29, 0.717) is 0 Å². The van der Waals surface area contributed by atoms with Crippen LogP contribution in [0.1, 0.15) is 25.0 Å². The summed E-state index contributed by atoms with van der Waals surface area (Å²) in [6.07, 6.45) is 1.87. The third-order valence-corrected chi connectivity index (χ3v) is 8.63. The Morgan fingerprint density at radius 3 is 2.10 bits per heavy atom. The highest BCUT2D eigenvalue weighted by Crippen LogP contribution is 2.50. The molecule has 3 heteroatoms. The Bertz CT molecular complexity index is 2070. The maximum atomic E-state index is 4.82. The molecule has 0 saturated heterocycles. The lowest BCUT2D eigenvalue weighted by Gasteiger charge is -2.27. The van der Waals surface area contributed by atoms with Gasteiger partial charge in [0.1, 0.15) is 5.82 Å². The van der Waals surface area contributed by atoms with Gasteiger partial charge in [-0.25, -0.2) is 4.98 Å². The molecule has 0 saturated carbocycles. The number of pyridine rings is 1. The summed E-state index contributed by atoms with van der Waals surface area (Å²) in [5.41, 5.74) is 11.0. The molecular formula is C38H29N3. The topological polar surface area (TPSA) is 21.1 Å². The molecule has 0 atom stereocenters. The van der Waals surface area contributed by atoms with E-state index in [4.69, 9.17) is 4.98 Å². The highest BCUT2D eigenvalue weighted by atomic mass is 15.2. The van der Waals surface area contributed by atoms with Crippen LogP contribution in [0, 0.1) is 0 Å². The lowest BCUT2D eigenvalue weighted by molar-refractivity contribution is 0.660. The fraction of sp³-hybridized carbons (Fsp3) is 0.0789. The van der Waals surface area contributed by atoms with Crippen molar-refractivity contribution in [2.45, 2.75) is 19.3 Å². The van der Waals surface area contributed by atoms with E-state index in [1.807, 2.05) is 12.3 Å². The molecule has 0 N–H and O–H groups in total. The number of anilines is 3. The number of aromatic nitrogens is 2. The van der Waals surface area contributed by atoms with Crippen molar-refractivity contribution in [1.29, 1.82) is 0 Å². The van der Waals surface area contributed by atoms with Crippen LogP contribution in [0.15, 0.2) is 140 Å². The molecule has 41 heavy (non-hydrogen) atoms. The van der Waals surface area contributed by atoms with Crippen molar-refractivity contribution < 1.29 is 0 Å². The van der Waals surface area contributed by atoms with E-state index in [0.717, 1.165) is 22.9 Å². The largest absolute Gasteiger partial charge is 0.309 e. The highest BCUT2D eigenvalue weighted by molar-refractivity contribution is 6.10. The van der Waals surface area contributed by atoms with Gasteiger partial charge in [-0.1, -0.05) is 86.6 Å². The Labute approximate surface area is 240 Å². The fourth-order valence-electron chi connectivity index (χ4n) is 6.69. The van der Waals surface area contributed by atoms with Gasteiger partial charge in [0.15, 0.2) is 0 Å². The van der Waals surface area contributed by atoms with Crippen LogP contribution >= 0.6 is 0 Å². The van der Waals surface area contributed by atoms with Crippen molar-refractivity contribution in [1.82, 2.24) is 9.55 Å². The molecule has 8 rings (SSSR count). The summed E-state index contributed by atoms with van der Waals surface area (Å²) >= 11 is 0. The number of hydrogen-bond donors (Lipinski definition) is 0. The zero-order valence-electron chi connectivity index (χ0n) is 23.1. The molecule has 196 valence electrons. The zero-order valence-corrected chi connectivity index (χ0v) is 23.1. The van der Waals surface area contributed by atoms with Crippen LogP contribution in [0.4, 0.5) is 17.2 Å². The Morgan fingerprint density at radius 2 is 1.24 bits per heavy atom. The van der Waals surface area contributed by atoms with E-state index >= 15 is 0 Å². The monoisotopic (exact) mass is 527 g/mol. The van der Waals surface area contributed by atoms with Crippen molar-refractivity contribution in [2.24, 2.45) is 0 Å². The van der Waals surface area contributed by atoms with E-state index in [-0.39, 0.29) is 5.41 Å². The first-order valence-corrected chi connectivity index (χ1v) is 14.2. The quantitative estimate of drug-likeness (QED) is 0.227. The molecule has 1 aliphatic carbocycles. The number of fused-ring (bicyclic) bond motifs is 6. The number of nitrogens with zero attached hydrogens (tertiary/aromatic N) is 3. The minimum absolute atomic E-state index is 0.0786. The van der Waals surface area contributed by atoms with Crippen molar-refractivity contribution in [2.75, 3.05) is 4.90 Å². The minimum Gasteiger partial charge on any atom is -0.309 e. The number of para-hydroxylation sites is 2. The van der Waals surface area contributed by atoms with E-state index in [9.17, 15) is 0 Å². The molecule has 0 fully saturated rings. The first-order chi connectivity index (χ1) is 20.1. The van der Waals surface area contributed by atoms with Gasteiger partial charge in [-0.2, -0.15) is 0 Å². The zero-order chi connectivity index (χ0) is 27.6. The molecule has 7 aromatic rings. The van der Waals surface area contributed by atoms with Gasteiger partial charge in [0.05, 0.1) is 11.0 Å². The second kappa shape index (κ2) is 8.94. The van der Waals surface area contributed by atoms with E-state index in [1.165, 1.54) is 44.1 Å². The molecule has 0 bridgehead atoms. The third kappa shape index (κ3) is 3.56. The van der Waals surface area contributed by atoms with E-state index < -0.39 is 0 Å². The van der Waals surface area contributed by atoms with Crippen LogP contribution in [-0.2, 0) is 5.41 Å². The van der Waals surface area contributed by atoms with Gasteiger partial charge in [-0.15, -0.1) is 0 Å².